The summed E-state index contributed by atoms with van der Waals surface area (Å²) >= 11 is 0. The Balaban J connectivity index is 2.55. The van der Waals surface area contributed by atoms with E-state index in [9.17, 15) is 0 Å². The lowest BCUT2D eigenvalue weighted by atomic mass is 10.0. The molecule has 1 nitrogen and oxygen atoms in total. The van der Waals surface area contributed by atoms with Crippen LogP contribution in [-0.2, 0) is 0 Å². The number of hydrogen-bond donors (Lipinski definition) is 1. The molecular weight excluding hydrogens is 122 g/mol. The van der Waals surface area contributed by atoms with Crippen LogP contribution in [0.5, 0.6) is 0 Å². The highest BCUT2D eigenvalue weighted by Crippen LogP contribution is 2.09. The molecule has 0 saturated heterocycles. The van der Waals surface area contributed by atoms with Crippen LogP contribution in [0.15, 0.2) is 23.9 Å². The van der Waals surface area contributed by atoms with Crippen molar-refractivity contribution in [1.82, 2.24) is 5.32 Å². The van der Waals surface area contributed by atoms with Gasteiger partial charge in [0.2, 0.25) is 0 Å². The predicted molar refractivity (Wildman–Crippen MR) is 44.7 cm³/mol. The molecule has 56 valence electrons. The molecule has 1 heterocycles. The summed E-state index contributed by atoms with van der Waals surface area (Å²) in [6.45, 7) is 6.54. The zero-order valence-corrected chi connectivity index (χ0v) is 6.89. The van der Waals surface area contributed by atoms with E-state index in [1.165, 1.54) is 5.70 Å². The first-order valence-corrected chi connectivity index (χ1v) is 3.82. The second kappa shape index (κ2) is 2.91. The van der Waals surface area contributed by atoms with Crippen molar-refractivity contribution in [1.29, 1.82) is 0 Å². The Hall–Kier alpha value is -0.720. The fourth-order valence-corrected chi connectivity index (χ4v) is 1.07. The van der Waals surface area contributed by atoms with Crippen LogP contribution >= 0.6 is 0 Å². The van der Waals surface area contributed by atoms with E-state index in [1.54, 1.807) is 0 Å². The fraction of sp³-hybridized carbons (Fsp3) is 0.556. The zero-order chi connectivity index (χ0) is 7.56. The van der Waals surface area contributed by atoms with Crippen molar-refractivity contribution in [3.05, 3.63) is 23.9 Å². The first kappa shape index (κ1) is 7.39. The lowest BCUT2D eigenvalue weighted by Gasteiger charge is -2.22. The third-order valence-corrected chi connectivity index (χ3v) is 1.78. The van der Waals surface area contributed by atoms with E-state index in [0.717, 1.165) is 0 Å². The van der Waals surface area contributed by atoms with Crippen molar-refractivity contribution < 1.29 is 0 Å². The van der Waals surface area contributed by atoms with Gasteiger partial charge in [0, 0.05) is 11.7 Å². The minimum absolute atomic E-state index is 0.532. The summed E-state index contributed by atoms with van der Waals surface area (Å²) in [5.41, 5.74) is 1.27. The first-order chi connectivity index (χ1) is 4.70. The van der Waals surface area contributed by atoms with Gasteiger partial charge in [-0.3, -0.25) is 0 Å². The summed E-state index contributed by atoms with van der Waals surface area (Å²) in [5, 5.41) is 3.39. The molecule has 1 aliphatic heterocycles. The van der Waals surface area contributed by atoms with E-state index in [2.05, 4.69) is 44.3 Å². The topological polar surface area (TPSA) is 12.0 Å². The zero-order valence-electron chi connectivity index (χ0n) is 6.89. The summed E-state index contributed by atoms with van der Waals surface area (Å²) in [6, 6.07) is 0.532. The average Bonchev–Trinajstić information content (AvgIpc) is 1.88. The fourth-order valence-electron chi connectivity index (χ4n) is 1.07. The maximum absolute atomic E-state index is 3.39. The second-order valence-electron chi connectivity index (χ2n) is 3.15. The van der Waals surface area contributed by atoms with Crippen molar-refractivity contribution in [3.8, 4) is 0 Å². The summed E-state index contributed by atoms with van der Waals surface area (Å²) in [7, 11) is 0. The van der Waals surface area contributed by atoms with Crippen LogP contribution in [0.25, 0.3) is 0 Å². The smallest absolute Gasteiger partial charge is 0.0467 e. The largest absolute Gasteiger partial charge is 0.382 e. The van der Waals surface area contributed by atoms with Gasteiger partial charge in [0.05, 0.1) is 0 Å². The molecule has 1 heteroatoms. The van der Waals surface area contributed by atoms with Crippen molar-refractivity contribution >= 4 is 0 Å². The Bertz CT molecular complexity index is 166. The molecular formula is C9H15N. The van der Waals surface area contributed by atoms with Gasteiger partial charge in [-0.15, -0.1) is 0 Å². The third kappa shape index (κ3) is 1.63. The van der Waals surface area contributed by atoms with Crippen LogP contribution in [0.4, 0.5) is 0 Å². The Kier molecular flexibility index (Phi) is 2.15. The molecule has 0 aromatic rings. The van der Waals surface area contributed by atoms with E-state index < -0.39 is 0 Å². The summed E-state index contributed by atoms with van der Waals surface area (Å²) in [4.78, 5) is 0. The van der Waals surface area contributed by atoms with Gasteiger partial charge in [-0.2, -0.15) is 0 Å². The molecule has 0 fully saturated rings. The molecule has 0 amide bonds. The monoisotopic (exact) mass is 137 g/mol. The number of allylic oxidation sites excluding steroid dienone is 3. The Morgan fingerprint density at radius 2 is 2.20 bits per heavy atom. The molecule has 1 atom stereocenters. The van der Waals surface area contributed by atoms with Crippen LogP contribution < -0.4 is 5.32 Å². The van der Waals surface area contributed by atoms with Crippen LogP contribution in [0, 0.1) is 5.92 Å². The lowest BCUT2D eigenvalue weighted by Crippen LogP contribution is -2.31. The number of rotatable bonds is 1. The highest BCUT2D eigenvalue weighted by molar-refractivity contribution is 5.18. The van der Waals surface area contributed by atoms with Gasteiger partial charge in [0.25, 0.3) is 0 Å². The minimum Gasteiger partial charge on any atom is -0.382 e. The molecule has 0 saturated carbocycles. The van der Waals surface area contributed by atoms with Crippen LogP contribution in [0.2, 0.25) is 0 Å². The Morgan fingerprint density at radius 3 is 2.60 bits per heavy atom. The van der Waals surface area contributed by atoms with E-state index in [-0.39, 0.29) is 0 Å². The summed E-state index contributed by atoms with van der Waals surface area (Å²) in [5.74, 6) is 0.680. The third-order valence-electron chi connectivity index (χ3n) is 1.78. The quantitative estimate of drug-likeness (QED) is 0.583. The van der Waals surface area contributed by atoms with Gasteiger partial charge in [-0.1, -0.05) is 26.0 Å². The molecule has 0 radical (unpaired) electrons. The Labute approximate surface area is 62.8 Å². The molecule has 0 spiro atoms. The maximum atomic E-state index is 3.39. The van der Waals surface area contributed by atoms with Gasteiger partial charge in [-0.05, 0) is 18.9 Å². The van der Waals surface area contributed by atoms with E-state index >= 15 is 0 Å². The molecule has 0 aromatic heterocycles. The molecule has 0 aromatic carbocycles. The van der Waals surface area contributed by atoms with Crippen molar-refractivity contribution in [3.63, 3.8) is 0 Å². The highest BCUT2D eigenvalue weighted by atomic mass is 14.9. The normalized spacial score (nSPS) is 24.4. The van der Waals surface area contributed by atoms with Crippen molar-refractivity contribution in [2.45, 2.75) is 26.8 Å². The van der Waals surface area contributed by atoms with E-state index in [0.29, 0.717) is 12.0 Å². The average molecular weight is 137 g/mol. The molecule has 0 bridgehead atoms. The van der Waals surface area contributed by atoms with Crippen LogP contribution in [0.3, 0.4) is 0 Å². The highest BCUT2D eigenvalue weighted by Gasteiger charge is 2.10. The molecule has 1 unspecified atom stereocenters. The summed E-state index contributed by atoms with van der Waals surface area (Å²) < 4.78 is 0. The van der Waals surface area contributed by atoms with Gasteiger partial charge < -0.3 is 5.32 Å². The molecule has 0 aliphatic carbocycles. The molecule has 1 rings (SSSR count). The molecule has 1 N–H and O–H groups in total. The standard InChI is InChI=1S/C9H15N/c1-7(2)9-6-4-5-8(3)10-9/h4-7,9-10H,1-3H3. The van der Waals surface area contributed by atoms with Gasteiger partial charge in [0.1, 0.15) is 0 Å². The maximum Gasteiger partial charge on any atom is 0.0467 e. The lowest BCUT2D eigenvalue weighted by molar-refractivity contribution is 0.498. The number of hydrogen-bond acceptors (Lipinski definition) is 1. The van der Waals surface area contributed by atoms with Crippen LogP contribution in [-0.4, -0.2) is 6.04 Å². The van der Waals surface area contributed by atoms with Crippen molar-refractivity contribution in [2.24, 2.45) is 5.92 Å². The minimum atomic E-state index is 0.532. The first-order valence-electron chi connectivity index (χ1n) is 3.82. The predicted octanol–water partition coefficient (Wildman–Crippen LogP) is 2.07. The summed E-state index contributed by atoms with van der Waals surface area (Å²) in [6.07, 6.45) is 6.42. The molecule has 1 aliphatic rings. The number of dihydropyridines is 1. The van der Waals surface area contributed by atoms with Crippen molar-refractivity contribution in [2.75, 3.05) is 0 Å². The van der Waals surface area contributed by atoms with Gasteiger partial charge in [-0.25, -0.2) is 0 Å². The van der Waals surface area contributed by atoms with Crippen LogP contribution in [0.1, 0.15) is 20.8 Å². The van der Waals surface area contributed by atoms with Gasteiger partial charge >= 0.3 is 0 Å². The Morgan fingerprint density at radius 1 is 1.50 bits per heavy atom. The van der Waals surface area contributed by atoms with E-state index in [4.69, 9.17) is 0 Å². The van der Waals surface area contributed by atoms with E-state index in [1.807, 2.05) is 0 Å². The van der Waals surface area contributed by atoms with Gasteiger partial charge in [0.15, 0.2) is 0 Å². The number of nitrogens with one attached hydrogen (secondary N) is 1. The SMILES string of the molecule is CC1=CC=CC(C(C)C)N1. The second-order valence-corrected chi connectivity index (χ2v) is 3.15. The molecule has 10 heavy (non-hydrogen) atoms.